The summed E-state index contributed by atoms with van der Waals surface area (Å²) in [6.45, 7) is 0. The zero-order valence-corrected chi connectivity index (χ0v) is 12.1. The smallest absolute Gasteiger partial charge is 0.350 e. The Morgan fingerprint density at radius 2 is 1.95 bits per heavy atom. The van der Waals surface area contributed by atoms with Crippen molar-refractivity contribution in [3.05, 3.63) is 34.2 Å². The van der Waals surface area contributed by atoms with Crippen LogP contribution >= 0.6 is 22.9 Å². The van der Waals surface area contributed by atoms with E-state index in [0.717, 1.165) is 35.8 Å². The number of fused-ring (bicyclic) bond motifs is 1. The molecule has 1 aliphatic carbocycles. The highest BCUT2D eigenvalue weighted by Gasteiger charge is 2.23. The van der Waals surface area contributed by atoms with Gasteiger partial charge < -0.3 is 4.74 Å². The topological polar surface area (TPSA) is 26.3 Å². The number of rotatable bonds is 2. The van der Waals surface area contributed by atoms with Gasteiger partial charge in [0.2, 0.25) is 0 Å². The average molecular weight is 295 g/mol. The maximum atomic E-state index is 12.2. The molecule has 1 heterocycles. The summed E-state index contributed by atoms with van der Waals surface area (Å²) in [5.41, 5.74) is 0. The molecule has 1 aromatic heterocycles. The van der Waals surface area contributed by atoms with E-state index in [4.69, 9.17) is 16.3 Å². The van der Waals surface area contributed by atoms with Gasteiger partial charge >= 0.3 is 5.97 Å². The van der Waals surface area contributed by atoms with Crippen LogP contribution in [-0.2, 0) is 4.74 Å². The van der Waals surface area contributed by atoms with E-state index in [1.165, 1.54) is 17.8 Å². The zero-order valence-electron chi connectivity index (χ0n) is 10.5. The lowest BCUT2D eigenvalue weighted by Crippen LogP contribution is -2.20. The zero-order chi connectivity index (χ0) is 13.2. The second kappa shape index (κ2) is 5.51. The van der Waals surface area contributed by atoms with E-state index >= 15 is 0 Å². The lowest BCUT2D eigenvalue weighted by molar-refractivity contribution is 0.0217. The normalized spacial score (nSPS) is 16.7. The molecule has 1 aromatic carbocycles. The lowest BCUT2D eigenvalue weighted by Gasteiger charge is -2.21. The molecule has 19 heavy (non-hydrogen) atoms. The van der Waals surface area contributed by atoms with Crippen molar-refractivity contribution >= 4 is 39.0 Å². The average Bonchev–Trinajstić information content (AvgIpc) is 2.78. The van der Waals surface area contributed by atoms with Crippen molar-refractivity contribution < 1.29 is 9.53 Å². The number of carbonyl (C=O) groups excluding carboxylic acids is 1. The number of halogens is 1. The maximum Gasteiger partial charge on any atom is 0.350 e. The van der Waals surface area contributed by atoms with Gasteiger partial charge in [0.1, 0.15) is 11.0 Å². The second-order valence-corrected chi connectivity index (χ2v) is 6.34. The number of esters is 1. The fourth-order valence-corrected chi connectivity index (χ4v) is 3.92. The van der Waals surface area contributed by atoms with Gasteiger partial charge in [0.05, 0.1) is 5.02 Å². The molecule has 0 unspecified atom stereocenters. The Balaban J connectivity index is 1.83. The molecule has 0 amide bonds. The molecule has 1 saturated carbocycles. The minimum atomic E-state index is -0.266. The molecule has 0 radical (unpaired) electrons. The predicted octanol–water partition coefficient (Wildman–Crippen LogP) is 5.04. The van der Waals surface area contributed by atoms with E-state index in [1.54, 1.807) is 0 Å². The Labute approximate surface area is 121 Å². The Bertz CT molecular complexity index is 599. The number of hydrogen-bond acceptors (Lipinski definition) is 3. The van der Waals surface area contributed by atoms with Gasteiger partial charge in [0, 0.05) is 10.1 Å². The highest BCUT2D eigenvalue weighted by Crippen LogP contribution is 2.36. The van der Waals surface area contributed by atoms with E-state index in [9.17, 15) is 4.79 Å². The van der Waals surface area contributed by atoms with Crippen molar-refractivity contribution in [2.75, 3.05) is 0 Å². The van der Waals surface area contributed by atoms with Crippen LogP contribution < -0.4 is 0 Å². The molecular weight excluding hydrogens is 280 g/mol. The van der Waals surface area contributed by atoms with Crippen LogP contribution in [0.2, 0.25) is 5.02 Å². The second-order valence-electron chi connectivity index (χ2n) is 4.91. The molecular formula is C15H15ClO2S. The molecule has 2 nitrogen and oxygen atoms in total. The predicted molar refractivity (Wildman–Crippen MR) is 79.1 cm³/mol. The van der Waals surface area contributed by atoms with Crippen LogP contribution in [0, 0.1) is 0 Å². The van der Waals surface area contributed by atoms with Gasteiger partial charge in [0.25, 0.3) is 0 Å². The van der Waals surface area contributed by atoms with Crippen LogP contribution in [0.15, 0.2) is 24.3 Å². The van der Waals surface area contributed by atoms with Crippen molar-refractivity contribution in [1.29, 1.82) is 0 Å². The van der Waals surface area contributed by atoms with Crippen LogP contribution in [0.3, 0.4) is 0 Å². The van der Waals surface area contributed by atoms with Crippen LogP contribution in [-0.4, -0.2) is 12.1 Å². The van der Waals surface area contributed by atoms with Crippen molar-refractivity contribution in [2.45, 2.75) is 38.2 Å². The number of hydrogen-bond donors (Lipinski definition) is 0. The monoisotopic (exact) mass is 294 g/mol. The minimum absolute atomic E-state index is 0.0718. The van der Waals surface area contributed by atoms with E-state index in [1.807, 2.05) is 24.3 Å². The summed E-state index contributed by atoms with van der Waals surface area (Å²) in [5.74, 6) is -0.266. The first-order valence-corrected chi connectivity index (χ1v) is 7.83. The molecule has 0 N–H and O–H groups in total. The highest BCUT2D eigenvalue weighted by molar-refractivity contribution is 7.21. The molecule has 0 aliphatic heterocycles. The molecule has 2 aromatic rings. The third-order valence-corrected chi connectivity index (χ3v) is 5.20. The number of benzene rings is 1. The molecule has 1 aliphatic rings. The summed E-state index contributed by atoms with van der Waals surface area (Å²) < 4.78 is 6.61. The third-order valence-electron chi connectivity index (χ3n) is 3.55. The first-order valence-electron chi connectivity index (χ1n) is 6.64. The highest BCUT2D eigenvalue weighted by atomic mass is 35.5. The third kappa shape index (κ3) is 2.63. The number of thiophene rings is 1. The lowest BCUT2D eigenvalue weighted by atomic mass is 9.98. The van der Waals surface area contributed by atoms with Gasteiger partial charge in [-0.15, -0.1) is 11.3 Å². The summed E-state index contributed by atoms with van der Waals surface area (Å²) in [4.78, 5) is 12.7. The fourth-order valence-electron chi connectivity index (χ4n) is 2.53. The van der Waals surface area contributed by atoms with Crippen LogP contribution in [0.4, 0.5) is 0 Å². The van der Waals surface area contributed by atoms with Crippen LogP contribution in [0.1, 0.15) is 41.8 Å². The van der Waals surface area contributed by atoms with Gasteiger partial charge in [-0.2, -0.15) is 0 Å². The van der Waals surface area contributed by atoms with Crippen molar-refractivity contribution in [1.82, 2.24) is 0 Å². The molecule has 3 rings (SSSR count). The van der Waals surface area contributed by atoms with Crippen molar-refractivity contribution in [2.24, 2.45) is 0 Å². The number of carbonyl (C=O) groups is 1. The molecule has 0 spiro atoms. The van der Waals surface area contributed by atoms with Gasteiger partial charge in [0.15, 0.2) is 0 Å². The first kappa shape index (κ1) is 12.9. The van der Waals surface area contributed by atoms with E-state index in [2.05, 4.69) is 0 Å². The molecule has 0 bridgehead atoms. The summed E-state index contributed by atoms with van der Waals surface area (Å²) in [6.07, 6.45) is 5.58. The van der Waals surface area contributed by atoms with Gasteiger partial charge in [-0.05, 0) is 31.7 Å². The summed E-state index contributed by atoms with van der Waals surface area (Å²) in [6, 6.07) is 7.79. The largest absolute Gasteiger partial charge is 0.458 e. The van der Waals surface area contributed by atoms with Gasteiger partial charge in [-0.25, -0.2) is 4.79 Å². The Morgan fingerprint density at radius 3 is 2.68 bits per heavy atom. The Hall–Kier alpha value is -1.06. The first-order chi connectivity index (χ1) is 9.25. The molecule has 1 fully saturated rings. The van der Waals surface area contributed by atoms with E-state index < -0.39 is 0 Å². The quantitative estimate of drug-likeness (QED) is 0.725. The Morgan fingerprint density at radius 1 is 1.21 bits per heavy atom. The molecule has 4 heteroatoms. The number of ether oxygens (including phenoxy) is 1. The van der Waals surface area contributed by atoms with Gasteiger partial charge in [-0.3, -0.25) is 0 Å². The summed E-state index contributed by atoms with van der Waals surface area (Å²) in [7, 11) is 0. The standard InChI is InChI=1S/C15H15ClO2S/c16-13-11-8-4-5-9-12(11)19-14(13)15(17)18-10-6-2-1-3-7-10/h4-5,8-10H,1-3,6-7H2. The van der Waals surface area contributed by atoms with E-state index in [-0.39, 0.29) is 12.1 Å². The maximum absolute atomic E-state index is 12.2. The minimum Gasteiger partial charge on any atom is -0.458 e. The van der Waals surface area contributed by atoms with Crippen LogP contribution in [0.25, 0.3) is 10.1 Å². The molecule has 100 valence electrons. The van der Waals surface area contributed by atoms with Crippen molar-refractivity contribution in [3.63, 3.8) is 0 Å². The van der Waals surface area contributed by atoms with Gasteiger partial charge in [-0.1, -0.05) is 36.2 Å². The van der Waals surface area contributed by atoms with Crippen LogP contribution in [0.5, 0.6) is 0 Å². The fraction of sp³-hybridized carbons (Fsp3) is 0.400. The summed E-state index contributed by atoms with van der Waals surface area (Å²) in [5, 5.41) is 1.46. The molecule has 0 saturated heterocycles. The SMILES string of the molecule is O=C(OC1CCCCC1)c1sc2ccccc2c1Cl. The van der Waals surface area contributed by atoms with E-state index in [0.29, 0.717) is 9.90 Å². The summed E-state index contributed by atoms with van der Waals surface area (Å²) >= 11 is 7.69. The van der Waals surface area contributed by atoms with Crippen molar-refractivity contribution in [3.8, 4) is 0 Å². The molecule has 0 atom stereocenters. The Kier molecular flexibility index (Phi) is 3.76.